The topological polar surface area (TPSA) is 90.9 Å². The Hall–Kier alpha value is -3.78. The van der Waals surface area contributed by atoms with Crippen LogP contribution in [0.4, 0.5) is 5.69 Å². The summed E-state index contributed by atoms with van der Waals surface area (Å²) in [4.78, 5) is 12.6. The van der Waals surface area contributed by atoms with Crippen molar-refractivity contribution in [2.24, 2.45) is 0 Å². The first-order valence-electron chi connectivity index (χ1n) is 9.57. The second kappa shape index (κ2) is 10.0. The summed E-state index contributed by atoms with van der Waals surface area (Å²) in [6.07, 6.45) is 3.05. The van der Waals surface area contributed by atoms with E-state index < -0.39 is 10.0 Å². The minimum Gasteiger partial charge on any atom is -0.497 e. The van der Waals surface area contributed by atoms with E-state index in [1.807, 2.05) is 0 Å². The molecule has 0 saturated carbocycles. The number of sulfonamides is 1. The minimum atomic E-state index is -3.79. The predicted molar refractivity (Wildman–Crippen MR) is 123 cm³/mol. The molecule has 0 unspecified atom stereocenters. The van der Waals surface area contributed by atoms with Gasteiger partial charge in [0.1, 0.15) is 17.2 Å². The van der Waals surface area contributed by atoms with Gasteiger partial charge in [-0.1, -0.05) is 6.08 Å². The summed E-state index contributed by atoms with van der Waals surface area (Å²) < 4.78 is 43.2. The highest BCUT2D eigenvalue weighted by molar-refractivity contribution is 7.92. The van der Waals surface area contributed by atoms with Crippen molar-refractivity contribution < 1.29 is 27.4 Å². The summed E-state index contributed by atoms with van der Waals surface area (Å²) in [5, 5.41) is 0. The van der Waals surface area contributed by atoms with Gasteiger partial charge in [0.25, 0.3) is 10.0 Å². The zero-order valence-corrected chi connectivity index (χ0v) is 18.7. The van der Waals surface area contributed by atoms with Crippen LogP contribution in [0.2, 0.25) is 0 Å². The van der Waals surface area contributed by atoms with E-state index in [9.17, 15) is 13.2 Å². The monoisotopic (exact) mass is 453 g/mol. The van der Waals surface area contributed by atoms with E-state index in [2.05, 4.69) is 4.72 Å². The van der Waals surface area contributed by atoms with Crippen LogP contribution in [-0.4, -0.2) is 35.5 Å². The zero-order chi connectivity index (χ0) is 23.1. The molecule has 32 heavy (non-hydrogen) atoms. The van der Waals surface area contributed by atoms with Crippen molar-refractivity contribution in [2.75, 3.05) is 26.1 Å². The van der Waals surface area contributed by atoms with E-state index in [0.717, 1.165) is 5.56 Å². The summed E-state index contributed by atoms with van der Waals surface area (Å²) in [6, 6.07) is 17.5. The summed E-state index contributed by atoms with van der Waals surface area (Å²) in [5.41, 5.74) is 1.50. The van der Waals surface area contributed by atoms with Crippen molar-refractivity contribution in [3.05, 3.63) is 83.9 Å². The summed E-state index contributed by atoms with van der Waals surface area (Å²) in [7, 11) is 0.835. The first-order chi connectivity index (χ1) is 15.3. The third-order valence-electron chi connectivity index (χ3n) is 4.59. The molecule has 0 aliphatic heterocycles. The van der Waals surface area contributed by atoms with Gasteiger partial charge in [-0.3, -0.25) is 9.52 Å². The van der Waals surface area contributed by atoms with Crippen molar-refractivity contribution in [2.45, 2.75) is 4.90 Å². The molecule has 1 N–H and O–H groups in total. The molecule has 0 bridgehead atoms. The van der Waals surface area contributed by atoms with Crippen LogP contribution in [0.1, 0.15) is 15.9 Å². The van der Waals surface area contributed by atoms with Crippen LogP contribution in [0.5, 0.6) is 17.2 Å². The lowest BCUT2D eigenvalue weighted by molar-refractivity contribution is 0.104. The Bertz CT molecular complexity index is 1190. The highest BCUT2D eigenvalue weighted by atomic mass is 32.2. The average Bonchev–Trinajstić information content (AvgIpc) is 2.82. The third-order valence-corrected chi connectivity index (χ3v) is 5.99. The highest BCUT2D eigenvalue weighted by Crippen LogP contribution is 2.24. The van der Waals surface area contributed by atoms with E-state index in [0.29, 0.717) is 28.5 Å². The number of carbonyl (C=O) groups excluding carboxylic acids is 1. The second-order valence-corrected chi connectivity index (χ2v) is 8.38. The molecule has 0 spiro atoms. The molecule has 8 heteroatoms. The molecule has 0 radical (unpaired) electrons. The van der Waals surface area contributed by atoms with Gasteiger partial charge in [-0.15, -0.1) is 0 Å². The molecule has 0 heterocycles. The molecular formula is C24H23NO6S. The van der Waals surface area contributed by atoms with Gasteiger partial charge < -0.3 is 14.2 Å². The average molecular weight is 454 g/mol. The fraction of sp³-hybridized carbons (Fsp3) is 0.125. The lowest BCUT2D eigenvalue weighted by Crippen LogP contribution is -2.13. The quantitative estimate of drug-likeness (QED) is 0.381. The Labute approximate surface area is 187 Å². The van der Waals surface area contributed by atoms with Crippen molar-refractivity contribution in [1.82, 2.24) is 0 Å². The maximum Gasteiger partial charge on any atom is 0.261 e. The maximum atomic E-state index is 12.6. The molecule has 0 aromatic heterocycles. The van der Waals surface area contributed by atoms with Crippen molar-refractivity contribution in [1.29, 1.82) is 0 Å². The molecule has 3 rings (SSSR count). The van der Waals surface area contributed by atoms with Crippen LogP contribution in [-0.2, 0) is 10.0 Å². The molecule has 0 aliphatic rings. The number of methoxy groups -OCH3 is 3. The Kier molecular flexibility index (Phi) is 7.17. The van der Waals surface area contributed by atoms with Crippen LogP contribution in [0.15, 0.2) is 77.7 Å². The number of nitrogens with one attached hydrogen (secondary N) is 1. The number of rotatable bonds is 9. The van der Waals surface area contributed by atoms with Crippen LogP contribution in [0.25, 0.3) is 6.08 Å². The van der Waals surface area contributed by atoms with Gasteiger partial charge in [0, 0.05) is 17.3 Å². The van der Waals surface area contributed by atoms with Gasteiger partial charge in [-0.25, -0.2) is 8.42 Å². The predicted octanol–water partition coefficient (Wildman–Crippen LogP) is 4.41. The Morgan fingerprint density at radius 3 is 1.88 bits per heavy atom. The molecule has 7 nitrogen and oxygen atoms in total. The van der Waals surface area contributed by atoms with Gasteiger partial charge in [0.05, 0.1) is 26.2 Å². The van der Waals surface area contributed by atoms with E-state index in [4.69, 9.17) is 14.2 Å². The zero-order valence-electron chi connectivity index (χ0n) is 17.9. The number of carbonyl (C=O) groups is 1. The van der Waals surface area contributed by atoms with Crippen molar-refractivity contribution in [3.63, 3.8) is 0 Å². The van der Waals surface area contributed by atoms with Crippen LogP contribution in [0, 0.1) is 0 Å². The minimum absolute atomic E-state index is 0.0476. The number of ketones is 1. The van der Waals surface area contributed by atoms with Crippen molar-refractivity contribution in [3.8, 4) is 17.2 Å². The lowest BCUT2D eigenvalue weighted by Gasteiger charge is -2.09. The molecule has 0 fully saturated rings. The number of hydrogen-bond donors (Lipinski definition) is 1. The van der Waals surface area contributed by atoms with Gasteiger partial charge >= 0.3 is 0 Å². The number of ether oxygens (including phenoxy) is 3. The molecule has 3 aromatic carbocycles. The number of hydrogen-bond acceptors (Lipinski definition) is 6. The summed E-state index contributed by atoms with van der Waals surface area (Å²) in [6.45, 7) is 0. The fourth-order valence-corrected chi connectivity index (χ4v) is 3.92. The van der Waals surface area contributed by atoms with Gasteiger partial charge in [-0.2, -0.15) is 0 Å². The SMILES string of the molecule is COc1ccc(NS(=O)(=O)c2ccc(C(=O)/C=C/c3cc(OC)cc(OC)c3)cc2)cc1. The van der Waals surface area contributed by atoms with E-state index in [-0.39, 0.29) is 10.7 Å². The Morgan fingerprint density at radius 2 is 1.34 bits per heavy atom. The van der Waals surface area contributed by atoms with Crippen LogP contribution < -0.4 is 18.9 Å². The molecule has 166 valence electrons. The Morgan fingerprint density at radius 1 is 0.781 bits per heavy atom. The molecule has 0 atom stereocenters. The first kappa shape index (κ1) is 22.9. The molecule has 0 saturated heterocycles. The molecular weight excluding hydrogens is 430 g/mol. The van der Waals surface area contributed by atoms with Crippen LogP contribution >= 0.6 is 0 Å². The van der Waals surface area contributed by atoms with Gasteiger partial charge in [0.15, 0.2) is 5.78 Å². The van der Waals surface area contributed by atoms with Crippen LogP contribution in [0.3, 0.4) is 0 Å². The Balaban J connectivity index is 1.73. The van der Waals surface area contributed by atoms with Crippen molar-refractivity contribution >= 4 is 27.6 Å². The number of benzene rings is 3. The number of anilines is 1. The molecule has 0 aliphatic carbocycles. The van der Waals surface area contributed by atoms with Gasteiger partial charge in [0.2, 0.25) is 0 Å². The third kappa shape index (κ3) is 5.67. The fourth-order valence-electron chi connectivity index (χ4n) is 2.87. The van der Waals surface area contributed by atoms with Gasteiger partial charge in [-0.05, 0) is 72.3 Å². The van der Waals surface area contributed by atoms with E-state index >= 15 is 0 Å². The summed E-state index contributed by atoms with van der Waals surface area (Å²) >= 11 is 0. The van der Waals surface area contributed by atoms with E-state index in [1.165, 1.54) is 37.5 Å². The largest absolute Gasteiger partial charge is 0.497 e. The normalized spacial score (nSPS) is 11.2. The second-order valence-electron chi connectivity index (χ2n) is 6.70. The maximum absolute atomic E-state index is 12.6. The standard InChI is InChI=1S/C24H23NO6S/c1-29-20-9-7-19(8-10-20)25-32(27,28)23-11-5-18(6-12-23)24(26)13-4-17-14-21(30-2)16-22(15-17)31-3/h4-16,25H,1-3H3/b13-4+. The molecule has 0 amide bonds. The smallest absolute Gasteiger partial charge is 0.261 e. The summed E-state index contributed by atoms with van der Waals surface area (Å²) in [5.74, 6) is 1.57. The first-order valence-corrected chi connectivity index (χ1v) is 11.1. The van der Waals surface area contributed by atoms with E-state index in [1.54, 1.807) is 62.8 Å². The lowest BCUT2D eigenvalue weighted by atomic mass is 10.1. The molecule has 3 aromatic rings. The highest BCUT2D eigenvalue weighted by Gasteiger charge is 2.15. The number of allylic oxidation sites excluding steroid dienone is 1.